The van der Waals surface area contributed by atoms with Crippen molar-refractivity contribution in [3.8, 4) is 0 Å². The zero-order valence-corrected chi connectivity index (χ0v) is 13.8. The van der Waals surface area contributed by atoms with Gasteiger partial charge in [0.1, 0.15) is 17.6 Å². The largest absolute Gasteiger partial charge is 0.444 e. The average molecular weight is 317 g/mol. The average Bonchev–Trinajstić information content (AvgIpc) is 2.96. The second-order valence-corrected chi connectivity index (χ2v) is 7.15. The molecule has 0 radical (unpaired) electrons. The quantitative estimate of drug-likeness (QED) is 0.799. The van der Waals surface area contributed by atoms with E-state index in [0.717, 1.165) is 5.56 Å². The Bertz CT molecular complexity index is 593. The van der Waals surface area contributed by atoms with Gasteiger partial charge in [0.15, 0.2) is 0 Å². The number of fused-ring (bicyclic) bond motifs is 1. The second-order valence-electron chi connectivity index (χ2n) is 7.15. The smallest absolute Gasteiger partial charge is 0.412 e. The molecule has 0 spiro atoms. The van der Waals surface area contributed by atoms with Gasteiger partial charge in [0.25, 0.3) is 0 Å². The molecule has 1 amide bonds. The van der Waals surface area contributed by atoms with Gasteiger partial charge in [-0.15, -0.1) is 0 Å². The summed E-state index contributed by atoms with van der Waals surface area (Å²) in [4.78, 5) is 26.9. The van der Waals surface area contributed by atoms with E-state index >= 15 is 0 Å². The van der Waals surface area contributed by atoms with Crippen molar-refractivity contribution in [2.75, 3.05) is 13.2 Å². The van der Waals surface area contributed by atoms with Crippen LogP contribution in [0.2, 0.25) is 0 Å². The number of hydrogen-bond donors (Lipinski definition) is 0. The van der Waals surface area contributed by atoms with E-state index in [1.807, 2.05) is 51.1 Å². The number of carbonyl (C=O) groups is 2. The number of ether oxygens (including phenoxy) is 2. The fourth-order valence-corrected chi connectivity index (χ4v) is 3.27. The van der Waals surface area contributed by atoms with Gasteiger partial charge in [-0.3, -0.25) is 9.69 Å². The SMILES string of the molecule is CC(C)(C)OC(=O)N1CC(c2ccccc2)C(=O)C2CCOC21. The molecule has 0 aliphatic carbocycles. The van der Waals surface area contributed by atoms with Crippen molar-refractivity contribution in [3.05, 3.63) is 35.9 Å². The predicted molar refractivity (Wildman–Crippen MR) is 85.0 cm³/mol. The Kier molecular flexibility index (Phi) is 4.15. The summed E-state index contributed by atoms with van der Waals surface area (Å²) in [6.45, 7) is 6.31. The molecular weight excluding hydrogens is 294 g/mol. The Balaban J connectivity index is 1.87. The first kappa shape index (κ1) is 16.0. The third kappa shape index (κ3) is 3.24. The van der Waals surface area contributed by atoms with E-state index < -0.39 is 17.9 Å². The number of Topliss-reactive ketones (excluding diaryl/α,β-unsaturated/α-hetero) is 1. The summed E-state index contributed by atoms with van der Waals surface area (Å²) in [5, 5.41) is 0. The maximum Gasteiger partial charge on any atom is 0.412 e. The van der Waals surface area contributed by atoms with Crippen LogP contribution in [0, 0.1) is 5.92 Å². The van der Waals surface area contributed by atoms with Crippen LogP contribution in [0.15, 0.2) is 30.3 Å². The molecule has 23 heavy (non-hydrogen) atoms. The van der Waals surface area contributed by atoms with Gasteiger partial charge in [0, 0.05) is 6.54 Å². The molecule has 2 aliphatic rings. The molecule has 124 valence electrons. The molecule has 2 fully saturated rings. The molecule has 2 saturated heterocycles. The number of piperidine rings is 1. The highest BCUT2D eigenvalue weighted by atomic mass is 16.6. The molecule has 0 aromatic heterocycles. The number of carbonyl (C=O) groups excluding carboxylic acids is 2. The van der Waals surface area contributed by atoms with Crippen molar-refractivity contribution in [1.82, 2.24) is 4.90 Å². The lowest BCUT2D eigenvalue weighted by molar-refractivity contribution is -0.137. The molecule has 0 saturated carbocycles. The fourth-order valence-electron chi connectivity index (χ4n) is 3.27. The van der Waals surface area contributed by atoms with Crippen LogP contribution in [-0.4, -0.2) is 41.8 Å². The van der Waals surface area contributed by atoms with Gasteiger partial charge in [-0.1, -0.05) is 30.3 Å². The Hall–Kier alpha value is -1.88. The lowest BCUT2D eigenvalue weighted by atomic mass is 9.82. The van der Waals surface area contributed by atoms with Crippen LogP contribution in [0.3, 0.4) is 0 Å². The molecule has 1 aromatic carbocycles. The van der Waals surface area contributed by atoms with Crippen LogP contribution in [0.5, 0.6) is 0 Å². The minimum atomic E-state index is -0.575. The Morgan fingerprint density at radius 2 is 1.96 bits per heavy atom. The summed E-state index contributed by atoms with van der Waals surface area (Å²) in [7, 11) is 0. The van der Waals surface area contributed by atoms with E-state index in [-0.39, 0.29) is 17.6 Å². The summed E-state index contributed by atoms with van der Waals surface area (Å²) < 4.78 is 11.2. The third-order valence-electron chi connectivity index (χ3n) is 4.29. The van der Waals surface area contributed by atoms with E-state index in [1.54, 1.807) is 4.90 Å². The van der Waals surface area contributed by atoms with Gasteiger partial charge >= 0.3 is 6.09 Å². The first-order chi connectivity index (χ1) is 10.9. The van der Waals surface area contributed by atoms with E-state index in [4.69, 9.17) is 9.47 Å². The van der Waals surface area contributed by atoms with Crippen molar-refractivity contribution in [2.45, 2.75) is 44.9 Å². The zero-order chi connectivity index (χ0) is 16.6. The number of ketones is 1. The molecule has 3 atom stereocenters. The summed E-state index contributed by atoms with van der Waals surface area (Å²) in [6, 6.07) is 9.62. The first-order valence-corrected chi connectivity index (χ1v) is 8.07. The third-order valence-corrected chi connectivity index (χ3v) is 4.29. The molecule has 5 nitrogen and oxygen atoms in total. The van der Waals surface area contributed by atoms with Crippen LogP contribution >= 0.6 is 0 Å². The van der Waals surface area contributed by atoms with Crippen molar-refractivity contribution in [3.63, 3.8) is 0 Å². The Labute approximate surface area is 136 Å². The van der Waals surface area contributed by atoms with Gasteiger partial charge in [-0.05, 0) is 32.8 Å². The maximum atomic E-state index is 12.8. The van der Waals surface area contributed by atoms with Gasteiger partial charge in [0.2, 0.25) is 0 Å². The summed E-state index contributed by atoms with van der Waals surface area (Å²) in [6.07, 6.45) is -0.244. The second kappa shape index (κ2) is 5.96. The van der Waals surface area contributed by atoms with E-state index in [1.165, 1.54) is 0 Å². The van der Waals surface area contributed by atoms with Crippen LogP contribution in [0.25, 0.3) is 0 Å². The number of likely N-dealkylation sites (tertiary alicyclic amines) is 1. The molecule has 2 heterocycles. The summed E-state index contributed by atoms with van der Waals surface area (Å²) in [5.41, 5.74) is 0.367. The van der Waals surface area contributed by atoms with Crippen LogP contribution in [-0.2, 0) is 14.3 Å². The Morgan fingerprint density at radius 3 is 2.61 bits per heavy atom. The lowest BCUT2D eigenvalue weighted by Crippen LogP contribution is -2.54. The maximum absolute atomic E-state index is 12.8. The molecule has 0 bridgehead atoms. The highest BCUT2D eigenvalue weighted by Crippen LogP contribution is 2.37. The van der Waals surface area contributed by atoms with Gasteiger partial charge in [-0.2, -0.15) is 0 Å². The molecule has 2 aliphatic heterocycles. The molecular formula is C18H23NO4. The molecule has 1 aromatic rings. The Morgan fingerprint density at radius 1 is 1.26 bits per heavy atom. The van der Waals surface area contributed by atoms with E-state index in [9.17, 15) is 9.59 Å². The monoisotopic (exact) mass is 317 g/mol. The molecule has 0 N–H and O–H groups in total. The minimum absolute atomic E-state index is 0.165. The van der Waals surface area contributed by atoms with Crippen LogP contribution in [0.1, 0.15) is 38.7 Å². The van der Waals surface area contributed by atoms with Gasteiger partial charge in [-0.25, -0.2) is 4.79 Å². The van der Waals surface area contributed by atoms with E-state index in [0.29, 0.717) is 19.6 Å². The molecule has 5 heteroatoms. The number of benzene rings is 1. The van der Waals surface area contributed by atoms with Crippen molar-refractivity contribution < 1.29 is 19.1 Å². The minimum Gasteiger partial charge on any atom is -0.444 e. The van der Waals surface area contributed by atoms with Crippen molar-refractivity contribution in [2.24, 2.45) is 5.92 Å². The van der Waals surface area contributed by atoms with Crippen LogP contribution in [0.4, 0.5) is 4.79 Å². The van der Waals surface area contributed by atoms with Crippen molar-refractivity contribution in [1.29, 1.82) is 0 Å². The number of hydrogen-bond acceptors (Lipinski definition) is 4. The van der Waals surface area contributed by atoms with Gasteiger partial charge in [0.05, 0.1) is 18.4 Å². The lowest BCUT2D eigenvalue weighted by Gasteiger charge is -2.40. The molecule has 3 rings (SSSR count). The first-order valence-electron chi connectivity index (χ1n) is 8.07. The van der Waals surface area contributed by atoms with E-state index in [2.05, 4.69) is 0 Å². The highest BCUT2D eigenvalue weighted by Gasteiger charge is 2.49. The normalized spacial score (nSPS) is 27.7. The standard InChI is InChI=1S/C18H23NO4/c1-18(2,3)23-17(21)19-11-14(12-7-5-4-6-8-12)15(20)13-9-10-22-16(13)19/h4-8,13-14,16H,9-11H2,1-3H3. The summed E-state index contributed by atoms with van der Waals surface area (Å²) >= 11 is 0. The van der Waals surface area contributed by atoms with Crippen LogP contribution < -0.4 is 0 Å². The number of rotatable bonds is 1. The fraction of sp³-hybridized carbons (Fsp3) is 0.556. The van der Waals surface area contributed by atoms with Crippen molar-refractivity contribution >= 4 is 11.9 Å². The predicted octanol–water partition coefficient (Wildman–Crippen LogP) is 2.95. The highest BCUT2D eigenvalue weighted by molar-refractivity contribution is 5.91. The van der Waals surface area contributed by atoms with Gasteiger partial charge < -0.3 is 9.47 Å². The number of amides is 1. The zero-order valence-electron chi connectivity index (χ0n) is 13.8. The topological polar surface area (TPSA) is 55.8 Å². The molecule has 3 unspecified atom stereocenters. The number of nitrogens with zero attached hydrogens (tertiary/aromatic N) is 1. The summed E-state index contributed by atoms with van der Waals surface area (Å²) in [5.74, 6) is -0.411.